The Bertz CT molecular complexity index is 2460. The summed E-state index contributed by atoms with van der Waals surface area (Å²) in [5.41, 5.74) is 5.90. The van der Waals surface area contributed by atoms with Gasteiger partial charge in [0.2, 0.25) is 0 Å². The number of hydrogen-bond acceptors (Lipinski definition) is 5. The average molecular weight is 582 g/mol. The topological polar surface area (TPSA) is 51.8 Å². The molecule has 0 saturated heterocycles. The summed E-state index contributed by atoms with van der Waals surface area (Å²) in [6.07, 6.45) is 0. The zero-order valence-electron chi connectivity index (χ0n) is 23.4. The predicted octanol–water partition coefficient (Wildman–Crippen LogP) is 10.8. The van der Waals surface area contributed by atoms with Crippen LogP contribution in [0.15, 0.2) is 144 Å². The lowest BCUT2D eigenvalue weighted by Crippen LogP contribution is -1.99. The van der Waals surface area contributed by atoms with Crippen LogP contribution in [0.5, 0.6) is 0 Å². The molecule has 0 saturated carbocycles. The van der Waals surface area contributed by atoms with Crippen LogP contribution in [0.4, 0.5) is 0 Å². The van der Waals surface area contributed by atoms with Gasteiger partial charge in [0.25, 0.3) is 0 Å². The molecule has 0 N–H and O–H groups in total. The summed E-state index contributed by atoms with van der Waals surface area (Å²) < 4.78 is 7.47. The lowest BCUT2D eigenvalue weighted by Gasteiger charge is -2.08. The Balaban J connectivity index is 1.21. The molecule has 0 aliphatic rings. The first-order valence-corrected chi connectivity index (χ1v) is 15.3. The highest BCUT2D eigenvalue weighted by Crippen LogP contribution is 2.37. The molecule has 0 atom stereocenters. The summed E-state index contributed by atoms with van der Waals surface area (Å²) in [6.45, 7) is 0. The van der Waals surface area contributed by atoms with Crippen LogP contribution in [0.1, 0.15) is 0 Å². The van der Waals surface area contributed by atoms with Gasteiger partial charge in [0.15, 0.2) is 17.5 Å². The molecule has 0 radical (unpaired) electrons. The molecular weight excluding hydrogens is 559 g/mol. The fourth-order valence-corrected chi connectivity index (χ4v) is 6.88. The Hall–Kier alpha value is -5.65. The van der Waals surface area contributed by atoms with Crippen molar-refractivity contribution >= 4 is 54.1 Å². The van der Waals surface area contributed by atoms with Crippen molar-refractivity contribution in [3.63, 3.8) is 0 Å². The largest absolute Gasteiger partial charge is 0.456 e. The lowest BCUT2D eigenvalue weighted by atomic mass is 10.0. The highest BCUT2D eigenvalue weighted by molar-refractivity contribution is 7.22. The molecule has 4 nitrogen and oxygen atoms in total. The number of thiophene rings is 1. The van der Waals surface area contributed by atoms with E-state index in [2.05, 4.69) is 121 Å². The van der Waals surface area contributed by atoms with Crippen LogP contribution in [0.25, 0.3) is 87.4 Å². The Morgan fingerprint density at radius 3 is 1.80 bits per heavy atom. The van der Waals surface area contributed by atoms with Crippen LogP contribution >= 0.6 is 11.3 Å². The van der Waals surface area contributed by atoms with Gasteiger partial charge in [0.05, 0.1) is 4.88 Å². The standard InChI is InChI=1S/C39H23N3OS/c1-2-8-24(9-3-1)25-14-16-26(17-15-25)37-40-38(42-39(41-37)36-23-29-12-6-7-13-35(29)44-36)30-18-19-33-31(21-30)32-20-27-10-4-5-11-28(27)22-34(32)43-33/h1-23H. The van der Waals surface area contributed by atoms with Crippen LogP contribution in [0.3, 0.4) is 0 Å². The van der Waals surface area contributed by atoms with E-state index >= 15 is 0 Å². The van der Waals surface area contributed by atoms with E-state index in [4.69, 9.17) is 19.4 Å². The normalized spacial score (nSPS) is 11.6. The Morgan fingerprint density at radius 2 is 1.00 bits per heavy atom. The molecule has 0 aliphatic heterocycles. The summed E-state index contributed by atoms with van der Waals surface area (Å²) in [4.78, 5) is 16.1. The average Bonchev–Trinajstić information content (AvgIpc) is 3.68. The number of fused-ring (bicyclic) bond motifs is 5. The number of benzene rings is 6. The van der Waals surface area contributed by atoms with Crippen LogP contribution in [-0.4, -0.2) is 15.0 Å². The van der Waals surface area contributed by atoms with Gasteiger partial charge in [-0.3, -0.25) is 0 Å². The van der Waals surface area contributed by atoms with Gasteiger partial charge >= 0.3 is 0 Å². The van der Waals surface area contributed by atoms with E-state index in [9.17, 15) is 0 Å². The fourth-order valence-electron chi connectivity index (χ4n) is 5.88. The van der Waals surface area contributed by atoms with E-state index in [1.807, 2.05) is 18.2 Å². The van der Waals surface area contributed by atoms with Gasteiger partial charge in [-0.1, -0.05) is 97.1 Å². The van der Waals surface area contributed by atoms with E-state index in [0.717, 1.165) is 48.9 Å². The Labute approximate surface area is 256 Å². The van der Waals surface area contributed by atoms with Crippen molar-refractivity contribution in [2.75, 3.05) is 0 Å². The van der Waals surface area contributed by atoms with Crippen molar-refractivity contribution in [3.05, 3.63) is 140 Å². The summed E-state index contributed by atoms with van der Waals surface area (Å²) in [5.74, 6) is 1.94. The van der Waals surface area contributed by atoms with Crippen LogP contribution < -0.4 is 0 Å². The first-order valence-electron chi connectivity index (χ1n) is 14.5. The molecule has 0 amide bonds. The SMILES string of the molecule is c1ccc(-c2ccc(-c3nc(-c4ccc5oc6cc7ccccc7cc6c5c4)nc(-c4cc5ccccc5s4)n3)cc2)cc1. The first kappa shape index (κ1) is 24.9. The maximum absolute atomic E-state index is 6.27. The molecule has 44 heavy (non-hydrogen) atoms. The van der Waals surface area contributed by atoms with Gasteiger partial charge in [0, 0.05) is 26.6 Å². The quantitative estimate of drug-likeness (QED) is 0.207. The van der Waals surface area contributed by atoms with E-state index in [1.165, 1.54) is 21.0 Å². The fraction of sp³-hybridized carbons (Fsp3) is 0. The summed E-state index contributed by atoms with van der Waals surface area (Å²) in [7, 11) is 0. The zero-order chi connectivity index (χ0) is 29.0. The van der Waals surface area contributed by atoms with Crippen molar-refractivity contribution in [3.8, 4) is 44.6 Å². The Kier molecular flexibility index (Phi) is 5.64. The van der Waals surface area contributed by atoms with Crippen molar-refractivity contribution in [1.29, 1.82) is 0 Å². The zero-order valence-corrected chi connectivity index (χ0v) is 24.3. The summed E-state index contributed by atoms with van der Waals surface area (Å²) >= 11 is 1.70. The van der Waals surface area contributed by atoms with Crippen LogP contribution in [0.2, 0.25) is 0 Å². The lowest BCUT2D eigenvalue weighted by molar-refractivity contribution is 0.669. The highest BCUT2D eigenvalue weighted by atomic mass is 32.1. The highest BCUT2D eigenvalue weighted by Gasteiger charge is 2.16. The van der Waals surface area contributed by atoms with E-state index in [0.29, 0.717) is 17.5 Å². The van der Waals surface area contributed by atoms with Crippen molar-refractivity contribution < 1.29 is 4.42 Å². The molecule has 3 aromatic heterocycles. The molecular formula is C39H23N3OS. The minimum absolute atomic E-state index is 0.631. The summed E-state index contributed by atoms with van der Waals surface area (Å²) in [5, 5.41) is 5.65. The molecule has 0 bridgehead atoms. The first-order chi connectivity index (χ1) is 21.7. The van der Waals surface area contributed by atoms with E-state index in [-0.39, 0.29) is 0 Å². The number of hydrogen-bond donors (Lipinski definition) is 0. The van der Waals surface area contributed by atoms with Crippen molar-refractivity contribution in [2.24, 2.45) is 0 Å². The van der Waals surface area contributed by atoms with Gasteiger partial charge in [0.1, 0.15) is 11.2 Å². The molecule has 0 spiro atoms. The number of aromatic nitrogens is 3. The van der Waals surface area contributed by atoms with E-state index < -0.39 is 0 Å². The monoisotopic (exact) mass is 581 g/mol. The van der Waals surface area contributed by atoms with Gasteiger partial charge < -0.3 is 4.42 Å². The second kappa shape index (κ2) is 9.97. The maximum atomic E-state index is 6.27. The molecule has 0 fully saturated rings. The molecule has 6 aromatic carbocycles. The van der Waals surface area contributed by atoms with Gasteiger partial charge in [-0.15, -0.1) is 11.3 Å². The number of furan rings is 1. The number of nitrogens with zero attached hydrogens (tertiary/aromatic N) is 3. The van der Waals surface area contributed by atoms with Gasteiger partial charge in [-0.05, 0) is 69.8 Å². The van der Waals surface area contributed by atoms with Crippen molar-refractivity contribution in [1.82, 2.24) is 15.0 Å². The van der Waals surface area contributed by atoms with Crippen LogP contribution in [0, 0.1) is 0 Å². The third-order valence-corrected chi connectivity index (χ3v) is 9.24. The third kappa shape index (κ3) is 4.25. The molecule has 3 heterocycles. The van der Waals surface area contributed by atoms with E-state index in [1.54, 1.807) is 11.3 Å². The third-order valence-electron chi connectivity index (χ3n) is 8.13. The second-order valence-corrected chi connectivity index (χ2v) is 12.0. The molecule has 9 aromatic rings. The van der Waals surface area contributed by atoms with Gasteiger partial charge in [-0.2, -0.15) is 0 Å². The molecule has 9 rings (SSSR count). The van der Waals surface area contributed by atoms with Crippen molar-refractivity contribution in [2.45, 2.75) is 0 Å². The minimum atomic E-state index is 0.631. The predicted molar refractivity (Wildman–Crippen MR) is 182 cm³/mol. The Morgan fingerprint density at radius 1 is 0.409 bits per heavy atom. The smallest absolute Gasteiger partial charge is 0.174 e. The molecule has 5 heteroatoms. The maximum Gasteiger partial charge on any atom is 0.174 e. The number of rotatable bonds is 4. The summed E-state index contributed by atoms with van der Waals surface area (Å²) in [6, 6.07) is 48.3. The second-order valence-electron chi connectivity index (χ2n) is 10.9. The minimum Gasteiger partial charge on any atom is -0.456 e. The molecule has 206 valence electrons. The van der Waals surface area contributed by atoms with Gasteiger partial charge in [-0.25, -0.2) is 15.0 Å². The molecule has 0 aliphatic carbocycles. The molecule has 0 unspecified atom stereocenters. The van der Waals surface area contributed by atoms with Crippen LogP contribution in [-0.2, 0) is 0 Å².